The molecule has 0 aliphatic heterocycles. The number of rotatable bonds is 10. The van der Waals surface area contributed by atoms with Crippen LogP contribution in [-0.2, 0) is 22.4 Å². The van der Waals surface area contributed by atoms with Crippen LogP contribution in [0.1, 0.15) is 47.2 Å². The fourth-order valence-corrected chi connectivity index (χ4v) is 5.63. The highest BCUT2D eigenvalue weighted by atomic mass is 16.5. The van der Waals surface area contributed by atoms with E-state index in [4.69, 9.17) is 4.74 Å². The number of carboxylic acids is 1. The molecule has 2 amide bonds. The number of anilines is 1. The maximum Gasteiger partial charge on any atom is 0.326 e. The van der Waals surface area contributed by atoms with Gasteiger partial charge in [0.25, 0.3) is 5.91 Å². The van der Waals surface area contributed by atoms with Crippen molar-refractivity contribution >= 4 is 34.4 Å². The molecule has 1 heterocycles. The van der Waals surface area contributed by atoms with Gasteiger partial charge in [0.2, 0.25) is 5.91 Å². The second kappa shape index (κ2) is 12.2. The van der Waals surface area contributed by atoms with Gasteiger partial charge in [0.1, 0.15) is 11.8 Å². The summed E-state index contributed by atoms with van der Waals surface area (Å²) < 4.78 is 5.24. The van der Waals surface area contributed by atoms with Gasteiger partial charge in [-0.1, -0.05) is 55.3 Å². The van der Waals surface area contributed by atoms with E-state index in [-0.39, 0.29) is 18.2 Å². The molecule has 5 rings (SSSR count). The van der Waals surface area contributed by atoms with Crippen LogP contribution in [0.15, 0.2) is 85.1 Å². The van der Waals surface area contributed by atoms with Crippen molar-refractivity contribution in [3.8, 4) is 5.75 Å². The van der Waals surface area contributed by atoms with Crippen molar-refractivity contribution in [2.75, 3.05) is 12.4 Å². The van der Waals surface area contributed by atoms with E-state index in [1.165, 1.54) is 0 Å². The molecule has 0 spiro atoms. The van der Waals surface area contributed by atoms with Crippen molar-refractivity contribution in [3.05, 3.63) is 102 Å². The number of nitrogens with zero attached hydrogens (tertiary/aromatic N) is 1. The fraction of sp³-hybridized carbons (Fsp3) is 0.273. The minimum absolute atomic E-state index is 0.128. The van der Waals surface area contributed by atoms with E-state index in [0.29, 0.717) is 17.7 Å². The number of carbonyl (C=O) groups is 3. The molecule has 41 heavy (non-hydrogen) atoms. The van der Waals surface area contributed by atoms with E-state index in [1.54, 1.807) is 43.6 Å². The number of aliphatic carboxylic acids is 1. The number of amides is 2. The Kier molecular flexibility index (Phi) is 8.29. The summed E-state index contributed by atoms with van der Waals surface area (Å²) >= 11 is 0. The second-order valence-electron chi connectivity index (χ2n) is 10.6. The van der Waals surface area contributed by atoms with Crippen LogP contribution in [0.25, 0.3) is 10.9 Å². The number of aromatic nitrogens is 1. The average molecular weight is 552 g/mol. The van der Waals surface area contributed by atoms with Crippen molar-refractivity contribution < 1.29 is 24.2 Å². The van der Waals surface area contributed by atoms with Crippen LogP contribution in [0, 0.1) is 5.41 Å². The monoisotopic (exact) mass is 551 g/mol. The second-order valence-corrected chi connectivity index (χ2v) is 10.6. The zero-order valence-electron chi connectivity index (χ0n) is 22.9. The fourth-order valence-electron chi connectivity index (χ4n) is 5.63. The van der Waals surface area contributed by atoms with Crippen LogP contribution >= 0.6 is 0 Å². The Balaban J connectivity index is 1.24. The predicted molar refractivity (Wildman–Crippen MR) is 157 cm³/mol. The molecule has 1 aromatic heterocycles. The number of hydrogen-bond donors (Lipinski definition) is 3. The maximum absolute atomic E-state index is 13.6. The molecule has 1 saturated carbocycles. The van der Waals surface area contributed by atoms with Gasteiger partial charge in [-0.25, -0.2) is 4.79 Å². The Morgan fingerprint density at radius 1 is 0.927 bits per heavy atom. The summed E-state index contributed by atoms with van der Waals surface area (Å²) in [5.41, 5.74) is 2.96. The van der Waals surface area contributed by atoms with E-state index >= 15 is 0 Å². The predicted octanol–water partition coefficient (Wildman–Crippen LogP) is 5.41. The first-order valence-electron chi connectivity index (χ1n) is 13.8. The Morgan fingerprint density at radius 3 is 2.29 bits per heavy atom. The molecule has 3 aromatic carbocycles. The first-order chi connectivity index (χ1) is 19.9. The normalized spacial score (nSPS) is 14.8. The van der Waals surface area contributed by atoms with E-state index in [9.17, 15) is 19.5 Å². The van der Waals surface area contributed by atoms with Crippen molar-refractivity contribution in [1.82, 2.24) is 10.3 Å². The molecule has 1 aliphatic carbocycles. The maximum atomic E-state index is 13.6. The summed E-state index contributed by atoms with van der Waals surface area (Å²) in [4.78, 5) is 43.0. The number of fused-ring (bicyclic) bond motifs is 1. The molecule has 0 radical (unpaired) electrons. The van der Waals surface area contributed by atoms with Gasteiger partial charge in [-0.3, -0.25) is 14.6 Å². The van der Waals surface area contributed by atoms with Gasteiger partial charge in [0.05, 0.1) is 23.6 Å². The Hall–Kier alpha value is -4.72. The lowest BCUT2D eigenvalue weighted by Crippen LogP contribution is -2.49. The number of hydrogen-bond acceptors (Lipinski definition) is 5. The molecule has 8 nitrogen and oxygen atoms in total. The molecular formula is C33H33N3O5. The summed E-state index contributed by atoms with van der Waals surface area (Å²) in [5.74, 6) is -0.809. The number of nitrogens with one attached hydrogen (secondary N) is 2. The zero-order valence-corrected chi connectivity index (χ0v) is 22.9. The van der Waals surface area contributed by atoms with Crippen LogP contribution in [0.3, 0.4) is 0 Å². The molecule has 0 saturated heterocycles. The summed E-state index contributed by atoms with van der Waals surface area (Å²) in [7, 11) is 1.61. The molecule has 0 bridgehead atoms. The Morgan fingerprint density at radius 2 is 1.61 bits per heavy atom. The van der Waals surface area contributed by atoms with Gasteiger partial charge in [-0.15, -0.1) is 0 Å². The molecule has 8 heteroatoms. The molecule has 1 unspecified atom stereocenters. The number of carboxylic acid groups (broad SMARTS) is 1. The smallest absolute Gasteiger partial charge is 0.326 e. The topological polar surface area (TPSA) is 118 Å². The van der Waals surface area contributed by atoms with Gasteiger partial charge in [-0.05, 0) is 66.8 Å². The first kappa shape index (κ1) is 27.8. The summed E-state index contributed by atoms with van der Waals surface area (Å²) in [6.45, 7) is 0. The number of ether oxygens (including phenoxy) is 1. The number of para-hydroxylation sites is 1. The van der Waals surface area contributed by atoms with E-state index in [0.717, 1.165) is 53.5 Å². The van der Waals surface area contributed by atoms with Crippen molar-refractivity contribution in [2.45, 2.75) is 44.6 Å². The molecule has 4 aromatic rings. The van der Waals surface area contributed by atoms with Gasteiger partial charge in [0, 0.05) is 23.7 Å². The molecular weight excluding hydrogens is 518 g/mol. The lowest BCUT2D eigenvalue weighted by Gasteiger charge is -2.29. The van der Waals surface area contributed by atoms with Crippen molar-refractivity contribution in [3.63, 3.8) is 0 Å². The molecule has 1 fully saturated rings. The highest BCUT2D eigenvalue weighted by Gasteiger charge is 2.42. The molecule has 1 aliphatic rings. The van der Waals surface area contributed by atoms with Crippen LogP contribution in [0.5, 0.6) is 5.75 Å². The third kappa shape index (κ3) is 6.38. The molecule has 210 valence electrons. The lowest BCUT2D eigenvalue weighted by molar-refractivity contribution is -0.143. The SMILES string of the molecule is COc1ccc(CC2(C(=O)NC(Cc3ccc(NC(=O)c4ccnc5ccccc45)cc3)C(=O)O)CCCC2)cc1. The third-order valence-electron chi connectivity index (χ3n) is 7.89. The minimum atomic E-state index is -1.09. The van der Waals surface area contributed by atoms with Crippen LogP contribution < -0.4 is 15.4 Å². The van der Waals surface area contributed by atoms with Gasteiger partial charge in [-0.2, -0.15) is 0 Å². The average Bonchev–Trinajstić information content (AvgIpc) is 3.47. The van der Waals surface area contributed by atoms with Crippen molar-refractivity contribution in [2.24, 2.45) is 5.41 Å². The van der Waals surface area contributed by atoms with Crippen LogP contribution in [0.2, 0.25) is 0 Å². The number of pyridine rings is 1. The minimum Gasteiger partial charge on any atom is -0.497 e. The van der Waals surface area contributed by atoms with Crippen LogP contribution in [-0.4, -0.2) is 41.0 Å². The van der Waals surface area contributed by atoms with Crippen LogP contribution in [0.4, 0.5) is 5.69 Å². The zero-order chi connectivity index (χ0) is 28.8. The Bertz CT molecular complexity index is 1540. The number of carbonyl (C=O) groups excluding carboxylic acids is 2. The molecule has 3 N–H and O–H groups in total. The largest absolute Gasteiger partial charge is 0.497 e. The highest BCUT2D eigenvalue weighted by Crippen LogP contribution is 2.41. The summed E-state index contributed by atoms with van der Waals surface area (Å²) in [6.07, 6.45) is 5.59. The highest BCUT2D eigenvalue weighted by molar-refractivity contribution is 6.12. The number of methoxy groups -OCH3 is 1. The van der Waals surface area contributed by atoms with Gasteiger partial charge >= 0.3 is 5.97 Å². The third-order valence-corrected chi connectivity index (χ3v) is 7.89. The standard InChI is InChI=1S/C33H33N3O5/c1-41-25-14-10-23(11-15-25)21-33(17-4-5-18-33)32(40)36-29(31(38)39)20-22-8-12-24(13-9-22)35-30(37)27-16-19-34-28-7-3-2-6-26(27)28/h2-3,6-16,19,29H,4-5,17-18,20-21H2,1H3,(H,35,37)(H,36,40)(H,38,39). The van der Waals surface area contributed by atoms with Gasteiger partial charge < -0.3 is 20.5 Å². The Labute approximate surface area is 238 Å². The van der Waals surface area contributed by atoms with E-state index in [2.05, 4.69) is 15.6 Å². The lowest BCUT2D eigenvalue weighted by atomic mass is 9.78. The summed E-state index contributed by atoms with van der Waals surface area (Å²) in [5, 5.41) is 16.4. The van der Waals surface area contributed by atoms with Crippen molar-refractivity contribution in [1.29, 1.82) is 0 Å². The summed E-state index contributed by atoms with van der Waals surface area (Å²) in [6, 6.07) is 22.7. The quantitative estimate of drug-likeness (QED) is 0.243. The number of benzene rings is 3. The van der Waals surface area contributed by atoms with E-state index in [1.807, 2.05) is 48.5 Å². The van der Waals surface area contributed by atoms with Gasteiger partial charge in [0.15, 0.2) is 0 Å². The molecule has 1 atom stereocenters. The first-order valence-corrected chi connectivity index (χ1v) is 13.8. The van der Waals surface area contributed by atoms with E-state index < -0.39 is 17.4 Å².